The molecule has 6 nitrogen and oxygen atoms in total. The highest BCUT2D eigenvalue weighted by Crippen LogP contribution is 2.23. The van der Waals surface area contributed by atoms with E-state index in [2.05, 4.69) is 5.10 Å². The maximum Gasteiger partial charge on any atom is 0.244 e. The van der Waals surface area contributed by atoms with Crippen LogP contribution in [0.5, 0.6) is 5.88 Å². The number of allylic oxidation sites excluding steroid dienone is 1. The molecule has 6 heteroatoms. The minimum absolute atomic E-state index is 0.0596. The highest BCUT2D eigenvalue weighted by atomic mass is 16.6. The van der Waals surface area contributed by atoms with Crippen molar-refractivity contribution >= 4 is 6.08 Å². The highest BCUT2D eigenvalue weighted by Gasteiger charge is 2.14. The molecule has 0 unspecified atom stereocenters. The Labute approximate surface area is 87.3 Å². The molecule has 82 valence electrons. The topological polar surface area (TPSA) is 70.2 Å². The number of aryl methyl sites for hydroxylation is 2. The average molecular weight is 211 g/mol. The Balaban J connectivity index is 3.25. The lowest BCUT2D eigenvalue weighted by atomic mass is 10.2. The minimum atomic E-state index is -0.439. The maximum atomic E-state index is 10.5. The molecule has 0 saturated carbocycles. The van der Waals surface area contributed by atoms with E-state index in [1.165, 1.54) is 20.1 Å². The Hall–Kier alpha value is -1.85. The summed E-state index contributed by atoms with van der Waals surface area (Å²) in [7, 11) is 3.24. The Morgan fingerprint density at radius 3 is 2.73 bits per heavy atom. The van der Waals surface area contributed by atoms with Crippen LogP contribution >= 0.6 is 0 Å². The van der Waals surface area contributed by atoms with Gasteiger partial charge in [0.15, 0.2) is 0 Å². The van der Waals surface area contributed by atoms with Crippen molar-refractivity contribution in [3.63, 3.8) is 0 Å². The van der Waals surface area contributed by atoms with Crippen molar-refractivity contribution in [2.24, 2.45) is 7.05 Å². The van der Waals surface area contributed by atoms with Crippen LogP contribution in [0.15, 0.2) is 5.70 Å². The summed E-state index contributed by atoms with van der Waals surface area (Å²) in [5.41, 5.74) is 1.41. The summed E-state index contributed by atoms with van der Waals surface area (Å²) in [4.78, 5) is 10.1. The molecule has 0 aromatic carbocycles. The van der Waals surface area contributed by atoms with Crippen LogP contribution in [-0.4, -0.2) is 21.8 Å². The molecular weight excluding hydrogens is 198 g/mol. The monoisotopic (exact) mass is 211 g/mol. The molecule has 0 radical (unpaired) electrons. The quantitative estimate of drug-likeness (QED) is 0.559. The van der Waals surface area contributed by atoms with Gasteiger partial charge >= 0.3 is 0 Å². The number of aromatic nitrogens is 2. The fourth-order valence-electron chi connectivity index (χ4n) is 1.32. The molecule has 1 rings (SSSR count). The fraction of sp³-hybridized carbons (Fsp3) is 0.444. The highest BCUT2D eigenvalue weighted by molar-refractivity contribution is 5.58. The maximum absolute atomic E-state index is 10.5. The summed E-state index contributed by atoms with van der Waals surface area (Å²) in [5, 5.41) is 14.6. The molecule has 0 saturated heterocycles. The van der Waals surface area contributed by atoms with E-state index in [0.717, 1.165) is 0 Å². The molecule has 0 atom stereocenters. The van der Waals surface area contributed by atoms with Gasteiger partial charge in [-0.25, -0.2) is 4.68 Å². The third-order valence-corrected chi connectivity index (χ3v) is 2.05. The standard InChI is InChI=1S/C9H13N3O3/c1-6(12(13)14)5-8-7(2)10-11(3)9(8)15-4/h5H,1-4H3/b6-5-. The Morgan fingerprint density at radius 2 is 2.27 bits per heavy atom. The van der Waals surface area contributed by atoms with Gasteiger partial charge in [0.05, 0.1) is 23.3 Å². The second-order valence-electron chi connectivity index (χ2n) is 3.17. The zero-order valence-corrected chi connectivity index (χ0v) is 9.14. The van der Waals surface area contributed by atoms with Gasteiger partial charge in [-0.15, -0.1) is 0 Å². The van der Waals surface area contributed by atoms with Crippen LogP contribution in [0.1, 0.15) is 18.2 Å². The van der Waals surface area contributed by atoms with E-state index < -0.39 is 4.92 Å². The molecule has 0 aliphatic carbocycles. The van der Waals surface area contributed by atoms with Gasteiger partial charge in [0.25, 0.3) is 0 Å². The molecule has 0 N–H and O–H groups in total. The normalized spacial score (nSPS) is 11.6. The number of hydrogen-bond acceptors (Lipinski definition) is 4. The molecule has 0 spiro atoms. The summed E-state index contributed by atoms with van der Waals surface area (Å²) in [6.45, 7) is 3.22. The molecular formula is C9H13N3O3. The first-order valence-electron chi connectivity index (χ1n) is 4.37. The van der Waals surface area contributed by atoms with Crippen LogP contribution in [0.3, 0.4) is 0 Å². The zero-order chi connectivity index (χ0) is 11.6. The smallest absolute Gasteiger partial charge is 0.244 e. The summed E-state index contributed by atoms with van der Waals surface area (Å²) in [6.07, 6.45) is 1.46. The lowest BCUT2D eigenvalue weighted by Crippen LogP contribution is -1.96. The second kappa shape index (κ2) is 4.12. The lowest BCUT2D eigenvalue weighted by Gasteiger charge is -2.00. The number of ether oxygens (including phenoxy) is 1. The van der Waals surface area contributed by atoms with Crippen molar-refractivity contribution in [2.75, 3.05) is 7.11 Å². The van der Waals surface area contributed by atoms with Crippen molar-refractivity contribution in [1.82, 2.24) is 9.78 Å². The number of hydrogen-bond donors (Lipinski definition) is 0. The Bertz CT molecular complexity index is 420. The van der Waals surface area contributed by atoms with E-state index in [4.69, 9.17) is 4.74 Å². The van der Waals surface area contributed by atoms with Crippen molar-refractivity contribution < 1.29 is 9.66 Å². The van der Waals surface area contributed by atoms with Gasteiger partial charge in [-0.05, 0) is 6.92 Å². The van der Waals surface area contributed by atoms with Crippen LogP contribution in [0.25, 0.3) is 6.08 Å². The largest absolute Gasteiger partial charge is 0.481 e. The van der Waals surface area contributed by atoms with Gasteiger partial charge in [-0.1, -0.05) is 0 Å². The third-order valence-electron chi connectivity index (χ3n) is 2.05. The van der Waals surface area contributed by atoms with Crippen molar-refractivity contribution in [3.05, 3.63) is 27.1 Å². The number of nitrogens with zero attached hydrogens (tertiary/aromatic N) is 3. The number of rotatable bonds is 3. The second-order valence-corrected chi connectivity index (χ2v) is 3.17. The molecule has 0 fully saturated rings. The van der Waals surface area contributed by atoms with Crippen molar-refractivity contribution in [2.45, 2.75) is 13.8 Å². The van der Waals surface area contributed by atoms with Gasteiger partial charge in [-0.3, -0.25) is 10.1 Å². The van der Waals surface area contributed by atoms with Crippen LogP contribution in [0, 0.1) is 17.0 Å². The van der Waals surface area contributed by atoms with Gasteiger partial charge in [-0.2, -0.15) is 5.10 Å². The van der Waals surface area contributed by atoms with E-state index in [1.807, 2.05) is 0 Å². The molecule has 1 aromatic heterocycles. The fourth-order valence-corrected chi connectivity index (χ4v) is 1.32. The van der Waals surface area contributed by atoms with E-state index in [-0.39, 0.29) is 5.70 Å². The van der Waals surface area contributed by atoms with Gasteiger partial charge in [0, 0.05) is 20.0 Å². The first-order valence-corrected chi connectivity index (χ1v) is 4.37. The van der Waals surface area contributed by atoms with Gasteiger partial charge in [0.2, 0.25) is 11.6 Å². The summed E-state index contributed by atoms with van der Waals surface area (Å²) >= 11 is 0. The first-order chi connectivity index (χ1) is 6.97. The zero-order valence-electron chi connectivity index (χ0n) is 9.14. The van der Waals surface area contributed by atoms with Crippen LogP contribution < -0.4 is 4.74 Å². The molecule has 0 bridgehead atoms. The molecule has 0 aliphatic heterocycles. The molecule has 15 heavy (non-hydrogen) atoms. The minimum Gasteiger partial charge on any atom is -0.481 e. The Morgan fingerprint density at radius 1 is 1.67 bits per heavy atom. The Kier molecular flexibility index (Phi) is 3.08. The van der Waals surface area contributed by atoms with Gasteiger partial charge in [0.1, 0.15) is 0 Å². The van der Waals surface area contributed by atoms with Crippen LogP contribution in [-0.2, 0) is 7.05 Å². The molecule has 1 heterocycles. The van der Waals surface area contributed by atoms with Crippen LogP contribution in [0.4, 0.5) is 0 Å². The summed E-state index contributed by atoms with van der Waals surface area (Å²) in [5.74, 6) is 0.522. The van der Waals surface area contributed by atoms with E-state index in [9.17, 15) is 10.1 Å². The SMILES string of the molecule is COc1c(/C=C(/C)[N+](=O)[O-])c(C)nn1C. The van der Waals surface area contributed by atoms with Crippen molar-refractivity contribution in [1.29, 1.82) is 0 Å². The predicted octanol–water partition coefficient (Wildman–Crippen LogP) is 1.37. The van der Waals surface area contributed by atoms with Crippen molar-refractivity contribution in [3.8, 4) is 5.88 Å². The molecule has 1 aromatic rings. The number of methoxy groups -OCH3 is 1. The molecule has 0 amide bonds. The summed E-state index contributed by atoms with van der Waals surface area (Å²) < 4.78 is 6.66. The van der Waals surface area contributed by atoms with E-state index in [1.54, 1.807) is 18.7 Å². The van der Waals surface area contributed by atoms with Crippen LogP contribution in [0.2, 0.25) is 0 Å². The van der Waals surface area contributed by atoms with E-state index in [0.29, 0.717) is 17.1 Å². The summed E-state index contributed by atoms with van der Waals surface area (Å²) in [6, 6.07) is 0. The molecule has 0 aliphatic rings. The van der Waals surface area contributed by atoms with Gasteiger partial charge < -0.3 is 4.74 Å². The van der Waals surface area contributed by atoms with E-state index >= 15 is 0 Å². The first kappa shape index (κ1) is 11.2. The predicted molar refractivity (Wildman–Crippen MR) is 55.1 cm³/mol. The number of nitro groups is 1. The lowest BCUT2D eigenvalue weighted by molar-refractivity contribution is -0.422. The average Bonchev–Trinajstić information content (AvgIpc) is 2.41. The third kappa shape index (κ3) is 2.15.